The van der Waals surface area contributed by atoms with E-state index in [9.17, 15) is 10.1 Å². The summed E-state index contributed by atoms with van der Waals surface area (Å²) < 4.78 is 0. The van der Waals surface area contributed by atoms with Crippen LogP contribution >= 0.6 is 0 Å². The summed E-state index contributed by atoms with van der Waals surface area (Å²) in [6.45, 7) is 1.93. The Morgan fingerprint density at radius 2 is 1.82 bits per heavy atom. The highest BCUT2D eigenvalue weighted by Gasteiger charge is 2.42. The molecule has 0 saturated heterocycles. The Hall–Kier alpha value is -2.86. The monoisotopic (exact) mass is 288 g/mol. The summed E-state index contributed by atoms with van der Waals surface area (Å²) in [5, 5.41) is 9.88. The lowest BCUT2D eigenvalue weighted by molar-refractivity contribution is 0.0692. The predicted octanol–water partition coefficient (Wildman–Crippen LogP) is 3.94. The van der Waals surface area contributed by atoms with E-state index in [0.29, 0.717) is 12.0 Å². The van der Waals surface area contributed by atoms with Gasteiger partial charge in [-0.15, -0.1) is 0 Å². The molecule has 0 spiro atoms. The molecule has 0 fully saturated rings. The van der Waals surface area contributed by atoms with Crippen molar-refractivity contribution in [1.29, 1.82) is 5.26 Å². The summed E-state index contributed by atoms with van der Waals surface area (Å²) in [6.07, 6.45) is 4.15. The highest BCUT2D eigenvalue weighted by atomic mass is 16.2. The summed E-state index contributed by atoms with van der Waals surface area (Å²) in [5.74, 6) is -0.158. The molecule has 0 aliphatic carbocycles. The Morgan fingerprint density at radius 3 is 2.50 bits per heavy atom. The van der Waals surface area contributed by atoms with Gasteiger partial charge in [-0.1, -0.05) is 49.4 Å². The average Bonchev–Trinajstić information content (AvgIpc) is 2.61. The van der Waals surface area contributed by atoms with E-state index in [0.717, 1.165) is 11.1 Å². The zero-order valence-corrected chi connectivity index (χ0v) is 12.4. The molecule has 1 aliphatic heterocycles. The SMILES string of the molecule is CCC1(C#N)c2ccccc2C=CN1C(=O)c1ccccc1. The molecule has 1 aliphatic rings. The van der Waals surface area contributed by atoms with Crippen molar-refractivity contribution in [3.05, 3.63) is 77.5 Å². The minimum Gasteiger partial charge on any atom is -0.292 e. The molecule has 1 amide bonds. The molecule has 2 aromatic rings. The third kappa shape index (κ3) is 2.01. The second-order valence-electron chi connectivity index (χ2n) is 5.27. The van der Waals surface area contributed by atoms with Gasteiger partial charge in [-0.2, -0.15) is 5.26 Å². The van der Waals surface area contributed by atoms with Crippen LogP contribution in [0.4, 0.5) is 0 Å². The van der Waals surface area contributed by atoms with E-state index in [-0.39, 0.29) is 5.91 Å². The van der Waals surface area contributed by atoms with Crippen molar-refractivity contribution in [2.45, 2.75) is 18.9 Å². The summed E-state index contributed by atoms with van der Waals surface area (Å²) in [7, 11) is 0. The molecule has 0 N–H and O–H groups in total. The molecule has 108 valence electrons. The van der Waals surface area contributed by atoms with Gasteiger partial charge >= 0.3 is 0 Å². The largest absolute Gasteiger partial charge is 0.292 e. The molecule has 0 radical (unpaired) electrons. The van der Waals surface area contributed by atoms with E-state index in [4.69, 9.17) is 0 Å². The number of nitrogens with zero attached hydrogens (tertiary/aromatic N) is 2. The number of carbonyl (C=O) groups is 1. The van der Waals surface area contributed by atoms with Crippen molar-refractivity contribution in [3.8, 4) is 6.07 Å². The smallest absolute Gasteiger partial charge is 0.259 e. The van der Waals surface area contributed by atoms with Gasteiger partial charge in [-0.05, 0) is 35.8 Å². The summed E-state index contributed by atoms with van der Waals surface area (Å²) >= 11 is 0. The number of rotatable bonds is 2. The number of benzene rings is 2. The van der Waals surface area contributed by atoms with Crippen LogP contribution in [-0.2, 0) is 5.54 Å². The van der Waals surface area contributed by atoms with E-state index in [1.807, 2.05) is 55.5 Å². The minimum atomic E-state index is -0.960. The van der Waals surface area contributed by atoms with E-state index < -0.39 is 5.54 Å². The van der Waals surface area contributed by atoms with Crippen molar-refractivity contribution in [3.63, 3.8) is 0 Å². The van der Waals surface area contributed by atoms with E-state index >= 15 is 0 Å². The van der Waals surface area contributed by atoms with E-state index in [2.05, 4.69) is 6.07 Å². The first-order valence-electron chi connectivity index (χ1n) is 7.30. The summed E-state index contributed by atoms with van der Waals surface area (Å²) in [5.41, 5.74) is 1.49. The quantitative estimate of drug-likeness (QED) is 0.840. The van der Waals surface area contributed by atoms with Crippen molar-refractivity contribution in [2.75, 3.05) is 0 Å². The standard InChI is InChI=1S/C19H16N2O/c1-2-19(14-20)17-11-7-6-8-15(17)12-13-21(19)18(22)16-9-4-3-5-10-16/h3-13H,2H2,1H3. The fourth-order valence-electron chi connectivity index (χ4n) is 2.95. The number of hydrogen-bond donors (Lipinski definition) is 0. The fraction of sp³-hybridized carbons (Fsp3) is 0.158. The van der Waals surface area contributed by atoms with Gasteiger partial charge in [0.05, 0.1) is 6.07 Å². The molecule has 0 aromatic heterocycles. The van der Waals surface area contributed by atoms with Gasteiger partial charge in [0.15, 0.2) is 5.54 Å². The number of carbonyl (C=O) groups excluding carboxylic acids is 1. The Labute approximate surface area is 130 Å². The fourth-order valence-corrected chi connectivity index (χ4v) is 2.95. The minimum absolute atomic E-state index is 0.158. The Kier molecular flexibility index (Phi) is 3.52. The third-order valence-corrected chi connectivity index (χ3v) is 4.16. The maximum Gasteiger partial charge on any atom is 0.259 e. The van der Waals surface area contributed by atoms with Crippen LogP contribution in [0.2, 0.25) is 0 Å². The lowest BCUT2D eigenvalue weighted by Crippen LogP contribution is -2.47. The molecule has 1 heterocycles. The lowest BCUT2D eigenvalue weighted by Gasteiger charge is -2.39. The molecule has 22 heavy (non-hydrogen) atoms. The van der Waals surface area contributed by atoms with Crippen LogP contribution in [0.5, 0.6) is 0 Å². The van der Waals surface area contributed by atoms with E-state index in [1.165, 1.54) is 0 Å². The number of amides is 1. The molecule has 3 nitrogen and oxygen atoms in total. The maximum absolute atomic E-state index is 12.9. The van der Waals surface area contributed by atoms with Crippen LogP contribution in [0.3, 0.4) is 0 Å². The summed E-state index contributed by atoms with van der Waals surface area (Å²) in [6, 6.07) is 19.2. The first-order chi connectivity index (χ1) is 10.7. The van der Waals surface area contributed by atoms with Crippen molar-refractivity contribution in [2.24, 2.45) is 0 Å². The first kappa shape index (κ1) is 14.1. The van der Waals surface area contributed by atoms with Gasteiger partial charge in [-0.3, -0.25) is 9.69 Å². The van der Waals surface area contributed by atoms with Gasteiger partial charge in [-0.25, -0.2) is 0 Å². The Balaban J connectivity index is 2.13. The second-order valence-corrected chi connectivity index (χ2v) is 5.27. The van der Waals surface area contributed by atoms with Gasteiger partial charge in [0.2, 0.25) is 0 Å². The van der Waals surface area contributed by atoms with Crippen molar-refractivity contribution >= 4 is 12.0 Å². The van der Waals surface area contributed by atoms with Crippen molar-refractivity contribution in [1.82, 2.24) is 4.90 Å². The predicted molar refractivity (Wildman–Crippen MR) is 85.7 cm³/mol. The van der Waals surface area contributed by atoms with Crippen LogP contribution in [0, 0.1) is 11.3 Å². The topological polar surface area (TPSA) is 44.1 Å². The zero-order chi connectivity index (χ0) is 15.6. The Morgan fingerprint density at radius 1 is 1.14 bits per heavy atom. The second kappa shape index (κ2) is 5.50. The van der Waals surface area contributed by atoms with Crippen LogP contribution in [-0.4, -0.2) is 10.8 Å². The molecule has 0 saturated carbocycles. The van der Waals surface area contributed by atoms with Gasteiger partial charge in [0, 0.05) is 11.8 Å². The molecule has 1 atom stereocenters. The normalized spacial score (nSPS) is 19.4. The molecule has 2 aromatic carbocycles. The summed E-state index contributed by atoms with van der Waals surface area (Å²) in [4.78, 5) is 14.4. The van der Waals surface area contributed by atoms with E-state index in [1.54, 1.807) is 23.2 Å². The molecule has 0 bridgehead atoms. The maximum atomic E-state index is 12.9. The average molecular weight is 288 g/mol. The number of nitriles is 1. The lowest BCUT2D eigenvalue weighted by atomic mass is 9.81. The number of fused-ring (bicyclic) bond motifs is 1. The molecule has 3 rings (SSSR count). The highest BCUT2D eigenvalue weighted by molar-refractivity contribution is 5.96. The highest BCUT2D eigenvalue weighted by Crippen LogP contribution is 2.39. The molecule has 3 heteroatoms. The Bertz CT molecular complexity index is 774. The van der Waals surface area contributed by atoms with Crippen LogP contribution in [0.15, 0.2) is 60.8 Å². The molecular weight excluding hydrogens is 272 g/mol. The van der Waals surface area contributed by atoms with Crippen LogP contribution < -0.4 is 0 Å². The number of hydrogen-bond acceptors (Lipinski definition) is 2. The van der Waals surface area contributed by atoms with Crippen LogP contribution in [0.1, 0.15) is 34.8 Å². The molecule has 1 unspecified atom stereocenters. The van der Waals surface area contributed by atoms with Crippen LogP contribution in [0.25, 0.3) is 6.08 Å². The van der Waals surface area contributed by atoms with Crippen molar-refractivity contribution < 1.29 is 4.79 Å². The van der Waals surface area contributed by atoms with Gasteiger partial charge < -0.3 is 0 Å². The van der Waals surface area contributed by atoms with Gasteiger partial charge in [0.25, 0.3) is 5.91 Å². The van der Waals surface area contributed by atoms with Gasteiger partial charge in [0.1, 0.15) is 0 Å². The molecular formula is C19H16N2O. The third-order valence-electron chi connectivity index (χ3n) is 4.16. The first-order valence-corrected chi connectivity index (χ1v) is 7.30. The zero-order valence-electron chi connectivity index (χ0n) is 12.4.